The highest BCUT2D eigenvalue weighted by Gasteiger charge is 2.18. The number of hydrogen-bond donors (Lipinski definition) is 2. The molecule has 1 heterocycles. The van der Waals surface area contributed by atoms with E-state index < -0.39 is 16.0 Å². The van der Waals surface area contributed by atoms with Crippen LogP contribution < -0.4 is 14.2 Å². The topological polar surface area (TPSA) is 107 Å². The van der Waals surface area contributed by atoms with Crippen molar-refractivity contribution in [1.29, 1.82) is 0 Å². The second kappa shape index (κ2) is 7.37. The Balaban J connectivity index is 2.13. The first-order valence-electron chi connectivity index (χ1n) is 6.88. The van der Waals surface area contributed by atoms with E-state index in [9.17, 15) is 13.2 Å². The Labute approximate surface area is 139 Å². The van der Waals surface area contributed by atoms with Crippen LogP contribution in [0.25, 0.3) is 0 Å². The lowest BCUT2D eigenvalue weighted by atomic mass is 10.2. The largest absolute Gasteiger partial charge is 0.493 e. The summed E-state index contributed by atoms with van der Waals surface area (Å²) in [7, 11) is 0.458. The van der Waals surface area contributed by atoms with Gasteiger partial charge in [0, 0.05) is 12.7 Å². The normalized spacial score (nSPS) is 11.1. The molecule has 8 nitrogen and oxygen atoms in total. The van der Waals surface area contributed by atoms with Gasteiger partial charge < -0.3 is 19.2 Å². The lowest BCUT2D eigenvalue weighted by molar-refractivity contribution is 0.0594. The van der Waals surface area contributed by atoms with E-state index in [0.29, 0.717) is 17.1 Å². The molecule has 0 amide bonds. The minimum absolute atomic E-state index is 0.0524. The Kier molecular flexibility index (Phi) is 5.47. The Morgan fingerprint density at radius 2 is 1.83 bits per heavy atom. The third kappa shape index (κ3) is 3.87. The van der Waals surface area contributed by atoms with Crippen molar-refractivity contribution < 1.29 is 27.4 Å². The average Bonchev–Trinajstić information content (AvgIpc) is 3.10. The number of ether oxygens (including phenoxy) is 3. The van der Waals surface area contributed by atoms with Crippen molar-refractivity contribution in [1.82, 2.24) is 9.71 Å². The number of carbonyl (C=O) groups is 1. The van der Waals surface area contributed by atoms with E-state index in [4.69, 9.17) is 9.47 Å². The zero-order valence-electron chi connectivity index (χ0n) is 13.5. The van der Waals surface area contributed by atoms with Gasteiger partial charge in [-0.05, 0) is 23.8 Å². The van der Waals surface area contributed by atoms with Crippen LogP contribution >= 0.6 is 0 Å². The number of benzene rings is 1. The Morgan fingerprint density at radius 3 is 2.46 bits per heavy atom. The molecule has 0 radical (unpaired) electrons. The SMILES string of the molecule is COC(=O)c1cc(S(=O)(=O)NCc2ccc(OC)c(OC)c2)c[nH]1. The second-order valence-corrected chi connectivity index (χ2v) is 6.52. The molecule has 1 aromatic carbocycles. The molecule has 2 N–H and O–H groups in total. The number of esters is 1. The van der Waals surface area contributed by atoms with Crippen LogP contribution in [0.3, 0.4) is 0 Å². The van der Waals surface area contributed by atoms with E-state index >= 15 is 0 Å². The summed E-state index contributed by atoms with van der Waals surface area (Å²) < 4.78 is 41.8. The summed E-state index contributed by atoms with van der Waals surface area (Å²) in [6, 6.07) is 6.30. The summed E-state index contributed by atoms with van der Waals surface area (Å²) in [6.07, 6.45) is 1.23. The molecule has 0 aliphatic heterocycles. The smallest absolute Gasteiger partial charge is 0.354 e. The monoisotopic (exact) mass is 354 g/mol. The van der Waals surface area contributed by atoms with Crippen LogP contribution in [-0.4, -0.2) is 40.7 Å². The van der Waals surface area contributed by atoms with Crippen molar-refractivity contribution in [2.75, 3.05) is 21.3 Å². The van der Waals surface area contributed by atoms with Gasteiger partial charge in [0.25, 0.3) is 0 Å². The predicted octanol–water partition coefficient (Wildman–Crippen LogP) is 1.30. The first-order chi connectivity index (χ1) is 11.4. The lowest BCUT2D eigenvalue weighted by Crippen LogP contribution is -2.22. The number of H-pyrrole nitrogens is 1. The zero-order chi connectivity index (χ0) is 17.7. The third-order valence-corrected chi connectivity index (χ3v) is 4.67. The molecule has 0 spiro atoms. The highest BCUT2D eigenvalue weighted by molar-refractivity contribution is 7.89. The minimum Gasteiger partial charge on any atom is -0.493 e. The molecule has 0 bridgehead atoms. The average molecular weight is 354 g/mol. The molecule has 0 atom stereocenters. The minimum atomic E-state index is -3.78. The van der Waals surface area contributed by atoms with Gasteiger partial charge >= 0.3 is 5.97 Å². The quantitative estimate of drug-likeness (QED) is 0.726. The fraction of sp³-hybridized carbons (Fsp3) is 0.267. The van der Waals surface area contributed by atoms with Crippen LogP contribution in [0.2, 0.25) is 0 Å². The number of aromatic nitrogens is 1. The fourth-order valence-corrected chi connectivity index (χ4v) is 3.02. The van der Waals surface area contributed by atoms with E-state index in [1.54, 1.807) is 18.2 Å². The van der Waals surface area contributed by atoms with E-state index in [-0.39, 0.29) is 17.1 Å². The van der Waals surface area contributed by atoms with Gasteiger partial charge in [-0.25, -0.2) is 17.9 Å². The van der Waals surface area contributed by atoms with Crippen molar-refractivity contribution in [3.8, 4) is 11.5 Å². The highest BCUT2D eigenvalue weighted by atomic mass is 32.2. The lowest BCUT2D eigenvalue weighted by Gasteiger charge is -2.10. The molecular weight excluding hydrogens is 336 g/mol. The van der Waals surface area contributed by atoms with Crippen LogP contribution in [0.15, 0.2) is 35.4 Å². The standard InChI is InChI=1S/C15H18N2O6S/c1-21-13-5-4-10(6-14(13)22-2)8-17-24(19,20)11-7-12(16-9-11)15(18)23-3/h4-7,9,16-17H,8H2,1-3H3. The van der Waals surface area contributed by atoms with Crippen LogP contribution in [0.1, 0.15) is 16.1 Å². The van der Waals surface area contributed by atoms with Crippen LogP contribution in [0.4, 0.5) is 0 Å². The number of rotatable bonds is 7. The number of aromatic amines is 1. The summed E-state index contributed by atoms with van der Waals surface area (Å²) >= 11 is 0. The Hall–Kier alpha value is -2.52. The summed E-state index contributed by atoms with van der Waals surface area (Å²) in [5.74, 6) is 0.414. The maximum atomic E-state index is 12.3. The van der Waals surface area contributed by atoms with E-state index in [1.807, 2.05) is 0 Å². The highest BCUT2D eigenvalue weighted by Crippen LogP contribution is 2.27. The van der Waals surface area contributed by atoms with E-state index in [1.165, 1.54) is 33.6 Å². The molecule has 0 aliphatic rings. The van der Waals surface area contributed by atoms with Gasteiger partial charge in [-0.15, -0.1) is 0 Å². The first kappa shape index (κ1) is 17.8. The molecule has 130 valence electrons. The van der Waals surface area contributed by atoms with Gasteiger partial charge in [-0.1, -0.05) is 6.07 Å². The van der Waals surface area contributed by atoms with Gasteiger partial charge in [0.1, 0.15) is 10.6 Å². The molecule has 0 saturated carbocycles. The number of hydrogen-bond acceptors (Lipinski definition) is 6. The number of methoxy groups -OCH3 is 3. The molecule has 2 rings (SSSR count). The van der Waals surface area contributed by atoms with Crippen LogP contribution in [0, 0.1) is 0 Å². The van der Waals surface area contributed by atoms with Crippen molar-refractivity contribution in [2.24, 2.45) is 0 Å². The molecule has 0 unspecified atom stereocenters. The number of sulfonamides is 1. The molecular formula is C15H18N2O6S. The van der Waals surface area contributed by atoms with Crippen molar-refractivity contribution in [3.05, 3.63) is 41.7 Å². The molecule has 0 fully saturated rings. The predicted molar refractivity (Wildman–Crippen MR) is 85.7 cm³/mol. The van der Waals surface area contributed by atoms with Crippen molar-refractivity contribution in [3.63, 3.8) is 0 Å². The van der Waals surface area contributed by atoms with Crippen molar-refractivity contribution >= 4 is 16.0 Å². The summed E-state index contributed by atoms with van der Waals surface area (Å²) in [5.41, 5.74) is 0.754. The summed E-state index contributed by atoms with van der Waals surface area (Å²) in [6.45, 7) is 0.0570. The van der Waals surface area contributed by atoms with Gasteiger partial charge in [0.2, 0.25) is 10.0 Å². The van der Waals surface area contributed by atoms with Gasteiger partial charge in [0.15, 0.2) is 11.5 Å². The fourth-order valence-electron chi connectivity index (χ4n) is 2.01. The van der Waals surface area contributed by atoms with Crippen LogP contribution in [-0.2, 0) is 21.3 Å². The van der Waals surface area contributed by atoms with Gasteiger partial charge in [-0.2, -0.15) is 0 Å². The Morgan fingerprint density at radius 1 is 1.12 bits per heavy atom. The van der Waals surface area contributed by atoms with Gasteiger partial charge in [-0.3, -0.25) is 0 Å². The molecule has 2 aromatic rings. The molecule has 24 heavy (non-hydrogen) atoms. The number of carbonyl (C=O) groups excluding carboxylic acids is 1. The summed E-state index contributed by atoms with van der Waals surface area (Å²) in [4.78, 5) is 13.9. The summed E-state index contributed by atoms with van der Waals surface area (Å²) in [5, 5.41) is 0. The third-order valence-electron chi connectivity index (χ3n) is 3.29. The van der Waals surface area contributed by atoms with Crippen molar-refractivity contribution in [2.45, 2.75) is 11.4 Å². The molecule has 1 aromatic heterocycles. The van der Waals surface area contributed by atoms with Gasteiger partial charge in [0.05, 0.1) is 21.3 Å². The van der Waals surface area contributed by atoms with Crippen LogP contribution in [0.5, 0.6) is 11.5 Å². The molecule has 0 saturated heterocycles. The first-order valence-corrected chi connectivity index (χ1v) is 8.37. The zero-order valence-corrected chi connectivity index (χ0v) is 14.3. The maximum absolute atomic E-state index is 12.3. The second-order valence-electron chi connectivity index (χ2n) is 4.75. The maximum Gasteiger partial charge on any atom is 0.354 e. The molecule has 9 heteroatoms. The Bertz CT molecular complexity index is 828. The molecule has 0 aliphatic carbocycles. The number of nitrogens with one attached hydrogen (secondary N) is 2. The van der Waals surface area contributed by atoms with E-state index in [0.717, 1.165) is 0 Å². The van der Waals surface area contributed by atoms with E-state index in [2.05, 4.69) is 14.4 Å².